The molecule has 1 aliphatic heterocycles. The zero-order valence-corrected chi connectivity index (χ0v) is 18.0. The maximum Gasteiger partial charge on any atom is 0.273 e. The van der Waals surface area contributed by atoms with Crippen LogP contribution in [0.3, 0.4) is 0 Å². The highest BCUT2D eigenvalue weighted by atomic mass is 32.1. The summed E-state index contributed by atoms with van der Waals surface area (Å²) in [7, 11) is 0. The number of aliphatic hydroxyl groups is 1. The van der Waals surface area contributed by atoms with Crippen LogP contribution in [0.15, 0.2) is 47.8 Å². The Kier molecular flexibility index (Phi) is 5.17. The van der Waals surface area contributed by atoms with Gasteiger partial charge in [-0.2, -0.15) is 0 Å². The van der Waals surface area contributed by atoms with Gasteiger partial charge >= 0.3 is 0 Å². The van der Waals surface area contributed by atoms with E-state index in [1.54, 1.807) is 0 Å². The van der Waals surface area contributed by atoms with Crippen molar-refractivity contribution in [3.8, 4) is 11.1 Å². The molecule has 4 nitrogen and oxygen atoms in total. The Morgan fingerprint density at radius 1 is 1.13 bits per heavy atom. The van der Waals surface area contributed by atoms with Gasteiger partial charge in [0.15, 0.2) is 0 Å². The number of benzene rings is 2. The molecule has 154 valence electrons. The third-order valence-electron chi connectivity index (χ3n) is 6.36. The highest BCUT2D eigenvalue weighted by molar-refractivity contribution is 7.09. The lowest BCUT2D eigenvalue weighted by Gasteiger charge is -2.18. The van der Waals surface area contributed by atoms with Crippen LogP contribution in [0.2, 0.25) is 0 Å². The minimum Gasteiger partial charge on any atom is -0.392 e. The van der Waals surface area contributed by atoms with Gasteiger partial charge < -0.3 is 10.0 Å². The SMILES string of the molecule is Cc1nc(C(=O)N2CCC(c3ccc(-c4ccccc4C4CC4)cc3CO)C2)cs1. The quantitative estimate of drug-likeness (QED) is 0.626. The van der Waals surface area contributed by atoms with Crippen LogP contribution in [0, 0.1) is 6.92 Å². The molecule has 0 radical (unpaired) electrons. The van der Waals surface area contributed by atoms with Gasteiger partial charge in [-0.3, -0.25) is 4.79 Å². The summed E-state index contributed by atoms with van der Waals surface area (Å²) >= 11 is 1.51. The lowest BCUT2D eigenvalue weighted by molar-refractivity contribution is 0.0785. The average Bonchev–Trinajstić information content (AvgIpc) is 3.35. The van der Waals surface area contributed by atoms with Crippen LogP contribution in [0.4, 0.5) is 0 Å². The molecule has 1 aromatic heterocycles. The topological polar surface area (TPSA) is 53.4 Å². The Morgan fingerprint density at radius 3 is 2.70 bits per heavy atom. The van der Waals surface area contributed by atoms with Crippen molar-refractivity contribution in [2.75, 3.05) is 13.1 Å². The summed E-state index contributed by atoms with van der Waals surface area (Å²) < 4.78 is 0. The van der Waals surface area contributed by atoms with E-state index in [0.29, 0.717) is 18.2 Å². The Balaban J connectivity index is 1.39. The minimum absolute atomic E-state index is 0.0161. The smallest absolute Gasteiger partial charge is 0.273 e. The number of likely N-dealkylation sites (tertiary alicyclic amines) is 1. The van der Waals surface area contributed by atoms with Crippen molar-refractivity contribution < 1.29 is 9.90 Å². The molecule has 2 heterocycles. The van der Waals surface area contributed by atoms with Gasteiger partial charge in [0.25, 0.3) is 5.91 Å². The van der Waals surface area contributed by atoms with E-state index in [9.17, 15) is 9.90 Å². The van der Waals surface area contributed by atoms with Gasteiger partial charge in [0.1, 0.15) is 5.69 Å². The number of hydrogen-bond donors (Lipinski definition) is 1. The van der Waals surface area contributed by atoms with Crippen LogP contribution < -0.4 is 0 Å². The monoisotopic (exact) mass is 418 g/mol. The standard InChI is InChI=1S/C25H26N2O2S/c1-16-26-24(15-30-16)25(29)27-11-10-19(13-27)21-9-8-18(12-20(21)14-28)23-5-3-2-4-22(23)17-6-7-17/h2-5,8-9,12,15,17,19,28H,6-7,10-11,13-14H2,1H3. The highest BCUT2D eigenvalue weighted by Crippen LogP contribution is 2.44. The second-order valence-electron chi connectivity index (χ2n) is 8.42. The molecule has 1 atom stereocenters. The zero-order chi connectivity index (χ0) is 20.7. The van der Waals surface area contributed by atoms with Crippen LogP contribution in [0.5, 0.6) is 0 Å². The normalized spacial score (nSPS) is 18.7. The molecule has 1 unspecified atom stereocenters. The molecule has 2 aromatic carbocycles. The molecule has 2 fully saturated rings. The molecule has 0 bridgehead atoms. The maximum absolute atomic E-state index is 12.8. The van der Waals surface area contributed by atoms with Crippen molar-refractivity contribution in [2.24, 2.45) is 0 Å². The molecule has 1 N–H and O–H groups in total. The summed E-state index contributed by atoms with van der Waals surface area (Å²) in [5.41, 5.74) is 6.56. The fourth-order valence-electron chi connectivity index (χ4n) is 4.64. The lowest BCUT2D eigenvalue weighted by atomic mass is 9.89. The van der Waals surface area contributed by atoms with E-state index >= 15 is 0 Å². The van der Waals surface area contributed by atoms with Gasteiger partial charge in [0.2, 0.25) is 0 Å². The lowest BCUT2D eigenvalue weighted by Crippen LogP contribution is -2.28. The number of aromatic nitrogens is 1. The molecule has 1 amide bonds. The third-order valence-corrected chi connectivity index (χ3v) is 7.13. The molecule has 5 rings (SSSR count). The van der Waals surface area contributed by atoms with Crippen molar-refractivity contribution in [3.05, 3.63) is 75.2 Å². The number of rotatable bonds is 5. The first kappa shape index (κ1) is 19.5. The summed E-state index contributed by atoms with van der Waals surface area (Å²) in [6, 6.07) is 15.1. The second kappa shape index (κ2) is 7.97. The van der Waals surface area contributed by atoms with Crippen LogP contribution in [-0.4, -0.2) is 34.0 Å². The van der Waals surface area contributed by atoms with Crippen molar-refractivity contribution in [1.29, 1.82) is 0 Å². The van der Waals surface area contributed by atoms with Gasteiger partial charge in [-0.15, -0.1) is 11.3 Å². The number of nitrogens with zero attached hydrogens (tertiary/aromatic N) is 2. The molecule has 2 aliphatic rings. The fourth-order valence-corrected chi connectivity index (χ4v) is 5.23. The molecule has 3 aromatic rings. The van der Waals surface area contributed by atoms with Crippen molar-refractivity contribution in [3.63, 3.8) is 0 Å². The zero-order valence-electron chi connectivity index (χ0n) is 17.2. The highest BCUT2D eigenvalue weighted by Gasteiger charge is 2.31. The van der Waals surface area contributed by atoms with Gasteiger partial charge in [-0.05, 0) is 66.0 Å². The van der Waals surface area contributed by atoms with E-state index < -0.39 is 0 Å². The van der Waals surface area contributed by atoms with E-state index in [-0.39, 0.29) is 18.4 Å². The van der Waals surface area contributed by atoms with E-state index in [4.69, 9.17) is 0 Å². The average molecular weight is 419 g/mol. The second-order valence-corrected chi connectivity index (χ2v) is 9.48. The molecular formula is C25H26N2O2S. The van der Waals surface area contributed by atoms with Crippen LogP contribution in [-0.2, 0) is 6.61 Å². The molecule has 30 heavy (non-hydrogen) atoms. The predicted octanol–water partition coefficient (Wildman–Crippen LogP) is 5.12. The summed E-state index contributed by atoms with van der Waals surface area (Å²) in [5, 5.41) is 12.9. The minimum atomic E-state index is 0.0161. The maximum atomic E-state index is 12.8. The first-order chi connectivity index (χ1) is 14.6. The molecule has 1 saturated carbocycles. The van der Waals surface area contributed by atoms with Crippen molar-refractivity contribution >= 4 is 17.2 Å². The number of amides is 1. The Bertz CT molecular complexity index is 1090. The van der Waals surface area contributed by atoms with E-state index in [0.717, 1.165) is 29.1 Å². The Labute approximate surface area is 181 Å². The Hall–Kier alpha value is -2.50. The number of carbonyl (C=O) groups is 1. The molecule has 1 saturated heterocycles. The van der Waals surface area contributed by atoms with Crippen molar-refractivity contribution in [1.82, 2.24) is 9.88 Å². The molecule has 1 aliphatic carbocycles. The van der Waals surface area contributed by atoms with E-state index in [1.807, 2.05) is 17.2 Å². The number of carbonyl (C=O) groups excluding carboxylic acids is 1. The largest absolute Gasteiger partial charge is 0.392 e. The summed E-state index contributed by atoms with van der Waals surface area (Å²) in [4.78, 5) is 19.0. The van der Waals surface area contributed by atoms with Crippen LogP contribution in [0.1, 0.15) is 63.3 Å². The molecule has 5 heteroatoms. The van der Waals surface area contributed by atoms with Crippen LogP contribution in [0.25, 0.3) is 11.1 Å². The molecular weight excluding hydrogens is 392 g/mol. The third kappa shape index (κ3) is 3.68. The van der Waals surface area contributed by atoms with E-state index in [1.165, 1.54) is 40.9 Å². The summed E-state index contributed by atoms with van der Waals surface area (Å²) in [5.74, 6) is 0.952. The summed E-state index contributed by atoms with van der Waals surface area (Å²) in [6.45, 7) is 3.35. The Morgan fingerprint density at radius 2 is 1.97 bits per heavy atom. The number of aliphatic hydroxyl groups excluding tert-OH is 1. The van der Waals surface area contributed by atoms with Gasteiger partial charge in [0, 0.05) is 24.4 Å². The molecule has 0 spiro atoms. The van der Waals surface area contributed by atoms with Gasteiger partial charge in [0.05, 0.1) is 11.6 Å². The number of aryl methyl sites for hydroxylation is 1. The first-order valence-corrected chi connectivity index (χ1v) is 11.6. The number of thiazole rings is 1. The predicted molar refractivity (Wildman–Crippen MR) is 120 cm³/mol. The fraction of sp³-hybridized carbons (Fsp3) is 0.360. The van der Waals surface area contributed by atoms with Crippen LogP contribution >= 0.6 is 11.3 Å². The summed E-state index contributed by atoms with van der Waals surface area (Å²) in [6.07, 6.45) is 3.46. The van der Waals surface area contributed by atoms with Gasteiger partial charge in [-0.1, -0.05) is 36.4 Å². The van der Waals surface area contributed by atoms with Crippen molar-refractivity contribution in [2.45, 2.75) is 44.6 Å². The number of hydrogen-bond acceptors (Lipinski definition) is 4. The van der Waals surface area contributed by atoms with Gasteiger partial charge in [-0.25, -0.2) is 4.98 Å². The van der Waals surface area contributed by atoms with E-state index in [2.05, 4.69) is 47.4 Å². The first-order valence-electron chi connectivity index (χ1n) is 10.7.